The summed E-state index contributed by atoms with van der Waals surface area (Å²) in [5, 5.41) is 3.08. The highest BCUT2D eigenvalue weighted by molar-refractivity contribution is 7.09. The predicted octanol–water partition coefficient (Wildman–Crippen LogP) is 3.33. The van der Waals surface area contributed by atoms with Crippen molar-refractivity contribution in [1.82, 2.24) is 14.3 Å². The van der Waals surface area contributed by atoms with Crippen LogP contribution in [0.2, 0.25) is 0 Å². The molecule has 0 saturated heterocycles. The van der Waals surface area contributed by atoms with E-state index in [1.807, 2.05) is 44.2 Å². The average Bonchev–Trinajstić information content (AvgIpc) is 3.25. The molecule has 0 radical (unpaired) electrons. The summed E-state index contributed by atoms with van der Waals surface area (Å²) in [6.45, 7) is 3.71. The highest BCUT2D eigenvalue weighted by atomic mass is 32.1. The fraction of sp³-hybridized carbons (Fsp3) is 0.250. The van der Waals surface area contributed by atoms with E-state index in [1.165, 1.54) is 6.39 Å². The van der Waals surface area contributed by atoms with Crippen LogP contribution in [-0.2, 0) is 10.3 Å². The third kappa shape index (κ3) is 3.19. The van der Waals surface area contributed by atoms with Crippen molar-refractivity contribution < 1.29 is 13.9 Å². The van der Waals surface area contributed by atoms with Gasteiger partial charge in [-0.25, -0.2) is 9.97 Å². The Hall–Kier alpha value is -2.58. The third-order valence-electron chi connectivity index (χ3n) is 3.51. The van der Waals surface area contributed by atoms with Gasteiger partial charge in [-0.3, -0.25) is 10.1 Å². The number of ether oxygens (including phenoxy) is 1. The first kappa shape index (κ1) is 16.3. The summed E-state index contributed by atoms with van der Waals surface area (Å²) < 4.78 is 14.9. The molecule has 0 atom stereocenters. The summed E-state index contributed by atoms with van der Waals surface area (Å²) in [7, 11) is 1.58. The van der Waals surface area contributed by atoms with Gasteiger partial charge in [-0.05, 0) is 13.8 Å². The zero-order valence-electron chi connectivity index (χ0n) is 13.4. The maximum atomic E-state index is 12.5. The SMILES string of the molecule is COC(C)(C)c1nsc(NC(=O)c2ncoc2-c2ccccc2)n1. The Balaban J connectivity index is 1.81. The van der Waals surface area contributed by atoms with Gasteiger partial charge in [-0.2, -0.15) is 4.37 Å². The zero-order valence-corrected chi connectivity index (χ0v) is 14.3. The van der Waals surface area contributed by atoms with Crippen molar-refractivity contribution in [3.8, 4) is 11.3 Å². The van der Waals surface area contributed by atoms with Gasteiger partial charge >= 0.3 is 0 Å². The second-order valence-corrected chi connectivity index (χ2v) is 6.24. The van der Waals surface area contributed by atoms with Gasteiger partial charge in [0.25, 0.3) is 5.91 Å². The molecule has 3 aromatic rings. The number of nitrogens with one attached hydrogen (secondary N) is 1. The normalized spacial score (nSPS) is 11.5. The first-order chi connectivity index (χ1) is 11.5. The quantitative estimate of drug-likeness (QED) is 0.763. The van der Waals surface area contributed by atoms with Gasteiger partial charge in [-0.1, -0.05) is 30.3 Å². The summed E-state index contributed by atoms with van der Waals surface area (Å²) in [5.74, 6) is 0.518. The molecule has 8 heteroatoms. The average molecular weight is 344 g/mol. The Morgan fingerprint density at radius 3 is 2.75 bits per heavy atom. The molecule has 0 unspecified atom stereocenters. The number of carbonyl (C=O) groups is 1. The molecular weight excluding hydrogens is 328 g/mol. The molecule has 1 N–H and O–H groups in total. The van der Waals surface area contributed by atoms with Crippen LogP contribution in [0.1, 0.15) is 30.2 Å². The van der Waals surface area contributed by atoms with Crippen molar-refractivity contribution in [2.45, 2.75) is 19.4 Å². The van der Waals surface area contributed by atoms with E-state index in [4.69, 9.17) is 9.15 Å². The molecule has 0 bridgehead atoms. The number of amides is 1. The number of aromatic nitrogens is 3. The second-order valence-electron chi connectivity index (χ2n) is 5.49. The molecule has 0 fully saturated rings. The first-order valence-corrected chi connectivity index (χ1v) is 7.98. The summed E-state index contributed by atoms with van der Waals surface area (Å²) in [4.78, 5) is 20.8. The molecule has 24 heavy (non-hydrogen) atoms. The zero-order chi connectivity index (χ0) is 17.2. The van der Waals surface area contributed by atoms with Crippen LogP contribution in [0, 0.1) is 0 Å². The van der Waals surface area contributed by atoms with Crippen LogP contribution in [0.5, 0.6) is 0 Å². The Labute approximate surface area is 142 Å². The van der Waals surface area contributed by atoms with Gasteiger partial charge in [0.1, 0.15) is 5.60 Å². The van der Waals surface area contributed by atoms with Crippen molar-refractivity contribution in [3.63, 3.8) is 0 Å². The Kier molecular flexibility index (Phi) is 4.41. The van der Waals surface area contributed by atoms with E-state index in [2.05, 4.69) is 19.7 Å². The lowest BCUT2D eigenvalue weighted by Gasteiger charge is -2.18. The smallest absolute Gasteiger partial charge is 0.280 e. The largest absolute Gasteiger partial charge is 0.443 e. The van der Waals surface area contributed by atoms with Crippen LogP contribution in [0.3, 0.4) is 0 Å². The summed E-state index contributed by atoms with van der Waals surface area (Å²) in [6.07, 6.45) is 1.25. The van der Waals surface area contributed by atoms with Crippen LogP contribution in [-0.4, -0.2) is 27.4 Å². The van der Waals surface area contributed by atoms with Crippen LogP contribution < -0.4 is 5.32 Å². The number of carbonyl (C=O) groups excluding carboxylic acids is 1. The van der Waals surface area contributed by atoms with Crippen molar-refractivity contribution in [2.24, 2.45) is 0 Å². The number of anilines is 1. The summed E-state index contributed by atoms with van der Waals surface area (Å²) >= 11 is 1.09. The van der Waals surface area contributed by atoms with E-state index in [-0.39, 0.29) is 5.69 Å². The van der Waals surface area contributed by atoms with Gasteiger partial charge in [0.2, 0.25) is 5.13 Å². The lowest BCUT2D eigenvalue weighted by Crippen LogP contribution is -2.21. The maximum absolute atomic E-state index is 12.5. The molecule has 124 valence electrons. The monoisotopic (exact) mass is 344 g/mol. The van der Waals surface area contributed by atoms with Gasteiger partial charge in [-0.15, -0.1) is 0 Å². The number of methoxy groups -OCH3 is 1. The number of benzene rings is 1. The van der Waals surface area contributed by atoms with E-state index in [0.717, 1.165) is 17.1 Å². The minimum atomic E-state index is -0.622. The Morgan fingerprint density at radius 2 is 2.04 bits per heavy atom. The molecule has 1 aromatic carbocycles. The molecule has 0 saturated carbocycles. The molecule has 2 aromatic heterocycles. The molecule has 0 aliphatic heterocycles. The predicted molar refractivity (Wildman–Crippen MR) is 89.8 cm³/mol. The Morgan fingerprint density at radius 1 is 1.29 bits per heavy atom. The fourth-order valence-corrected chi connectivity index (χ4v) is 2.67. The van der Waals surface area contributed by atoms with Gasteiger partial charge in [0, 0.05) is 24.2 Å². The van der Waals surface area contributed by atoms with Gasteiger partial charge in [0.15, 0.2) is 23.7 Å². The topological polar surface area (TPSA) is 90.1 Å². The summed E-state index contributed by atoms with van der Waals surface area (Å²) in [5.41, 5.74) is 0.352. The van der Waals surface area contributed by atoms with Crippen molar-refractivity contribution in [2.75, 3.05) is 12.4 Å². The third-order valence-corrected chi connectivity index (χ3v) is 4.14. The van der Waals surface area contributed by atoms with Gasteiger partial charge in [0.05, 0.1) is 0 Å². The summed E-state index contributed by atoms with van der Waals surface area (Å²) in [6, 6.07) is 9.32. The molecular formula is C16H16N4O3S. The molecule has 1 amide bonds. The molecule has 0 spiro atoms. The minimum absolute atomic E-state index is 0.198. The van der Waals surface area contributed by atoms with Crippen LogP contribution in [0.15, 0.2) is 41.1 Å². The second kappa shape index (κ2) is 6.50. The standard InChI is InChI=1S/C16H16N4O3S/c1-16(2,22-3)14-19-15(24-20-14)18-13(21)11-12(23-9-17-11)10-7-5-4-6-8-10/h4-9H,1-3H3,(H,18,19,20,21). The van der Waals surface area contributed by atoms with Gasteiger partial charge < -0.3 is 9.15 Å². The number of hydrogen-bond acceptors (Lipinski definition) is 7. The molecule has 0 aliphatic carbocycles. The van der Waals surface area contributed by atoms with E-state index in [9.17, 15) is 4.79 Å². The lowest BCUT2D eigenvalue weighted by molar-refractivity contribution is 0.0125. The van der Waals surface area contributed by atoms with E-state index in [1.54, 1.807) is 7.11 Å². The van der Waals surface area contributed by atoms with Crippen LogP contribution in [0.25, 0.3) is 11.3 Å². The van der Waals surface area contributed by atoms with Crippen LogP contribution in [0.4, 0.5) is 5.13 Å². The molecule has 0 aliphatic rings. The number of nitrogens with zero attached hydrogens (tertiary/aromatic N) is 3. The van der Waals surface area contributed by atoms with Crippen molar-refractivity contribution in [1.29, 1.82) is 0 Å². The Bertz CT molecular complexity index is 842. The van der Waals surface area contributed by atoms with E-state index in [0.29, 0.717) is 16.7 Å². The molecule has 2 heterocycles. The lowest BCUT2D eigenvalue weighted by atomic mass is 10.1. The number of oxazole rings is 1. The minimum Gasteiger partial charge on any atom is -0.443 e. The molecule has 3 rings (SSSR count). The highest BCUT2D eigenvalue weighted by Crippen LogP contribution is 2.26. The fourth-order valence-electron chi connectivity index (χ4n) is 1.97. The highest BCUT2D eigenvalue weighted by Gasteiger charge is 2.26. The number of hydrogen-bond donors (Lipinski definition) is 1. The first-order valence-electron chi connectivity index (χ1n) is 7.21. The molecule has 7 nitrogen and oxygen atoms in total. The van der Waals surface area contributed by atoms with Crippen molar-refractivity contribution >= 4 is 22.6 Å². The van der Waals surface area contributed by atoms with E-state index >= 15 is 0 Å². The number of rotatable bonds is 5. The van der Waals surface area contributed by atoms with Crippen molar-refractivity contribution in [3.05, 3.63) is 48.2 Å². The maximum Gasteiger partial charge on any atom is 0.280 e. The van der Waals surface area contributed by atoms with Crippen LogP contribution >= 0.6 is 11.5 Å². The van der Waals surface area contributed by atoms with E-state index < -0.39 is 11.5 Å².